The SMILES string of the molecule is COC[C@@H]1CC[C@@H](C(=O)O)N1C. The average molecular weight is 173 g/mol. The molecule has 1 aliphatic rings. The number of carbonyl (C=O) groups is 1. The molecule has 1 heterocycles. The lowest BCUT2D eigenvalue weighted by atomic mass is 10.2. The predicted molar refractivity (Wildman–Crippen MR) is 44.1 cm³/mol. The van der Waals surface area contributed by atoms with Crippen LogP contribution >= 0.6 is 0 Å². The van der Waals surface area contributed by atoms with Gasteiger partial charge >= 0.3 is 5.97 Å². The Balaban J connectivity index is 2.48. The van der Waals surface area contributed by atoms with Crippen molar-refractivity contribution in [1.29, 1.82) is 0 Å². The Hall–Kier alpha value is -0.610. The summed E-state index contributed by atoms with van der Waals surface area (Å²) in [5, 5.41) is 8.79. The Bertz CT molecular complexity index is 172. The van der Waals surface area contributed by atoms with Crippen LogP contribution in [0, 0.1) is 0 Å². The third kappa shape index (κ3) is 1.76. The van der Waals surface area contributed by atoms with Gasteiger partial charge in [-0.2, -0.15) is 0 Å². The normalized spacial score (nSPS) is 30.8. The van der Waals surface area contributed by atoms with E-state index in [4.69, 9.17) is 9.84 Å². The van der Waals surface area contributed by atoms with Gasteiger partial charge in [0.05, 0.1) is 6.61 Å². The van der Waals surface area contributed by atoms with Gasteiger partial charge in [0.2, 0.25) is 0 Å². The molecule has 4 nitrogen and oxygen atoms in total. The van der Waals surface area contributed by atoms with Gasteiger partial charge in [-0.3, -0.25) is 9.69 Å². The standard InChI is InChI=1S/C8H15NO3/c1-9-6(5-12-2)3-4-7(9)8(10)11/h6-7H,3-5H2,1-2H3,(H,10,11)/t6-,7-/m0/s1. The van der Waals surface area contributed by atoms with Crippen LogP contribution in [0.25, 0.3) is 0 Å². The van der Waals surface area contributed by atoms with E-state index in [2.05, 4.69) is 0 Å². The second-order valence-corrected chi connectivity index (χ2v) is 3.21. The summed E-state index contributed by atoms with van der Waals surface area (Å²) < 4.78 is 4.99. The number of likely N-dealkylation sites (tertiary alicyclic amines) is 1. The summed E-state index contributed by atoms with van der Waals surface area (Å²) in [5.74, 6) is -0.726. The summed E-state index contributed by atoms with van der Waals surface area (Å²) in [6.45, 7) is 0.625. The third-order valence-electron chi connectivity index (χ3n) is 2.49. The summed E-state index contributed by atoms with van der Waals surface area (Å²) in [5.41, 5.74) is 0. The lowest BCUT2D eigenvalue weighted by Gasteiger charge is -2.22. The van der Waals surface area contributed by atoms with E-state index in [0.717, 1.165) is 12.8 Å². The van der Waals surface area contributed by atoms with E-state index in [1.807, 2.05) is 11.9 Å². The molecular formula is C8H15NO3. The van der Waals surface area contributed by atoms with Crippen molar-refractivity contribution in [2.24, 2.45) is 0 Å². The molecule has 0 aliphatic carbocycles. The number of rotatable bonds is 3. The molecule has 70 valence electrons. The number of ether oxygens (including phenoxy) is 1. The van der Waals surface area contributed by atoms with Crippen molar-refractivity contribution in [1.82, 2.24) is 4.90 Å². The van der Waals surface area contributed by atoms with Crippen LogP contribution in [0.15, 0.2) is 0 Å². The maximum atomic E-state index is 10.7. The summed E-state index contributed by atoms with van der Waals surface area (Å²) in [4.78, 5) is 12.6. The number of hydrogen-bond acceptors (Lipinski definition) is 3. The summed E-state index contributed by atoms with van der Waals surface area (Å²) in [7, 11) is 3.48. The van der Waals surface area contributed by atoms with Gasteiger partial charge in [0.25, 0.3) is 0 Å². The molecule has 0 saturated carbocycles. The number of aliphatic carboxylic acids is 1. The second kappa shape index (κ2) is 3.87. The third-order valence-corrected chi connectivity index (χ3v) is 2.49. The zero-order valence-corrected chi connectivity index (χ0v) is 7.49. The predicted octanol–water partition coefficient (Wildman–Crippen LogP) is 0.180. The smallest absolute Gasteiger partial charge is 0.320 e. The minimum absolute atomic E-state index is 0.274. The molecule has 0 unspecified atom stereocenters. The fraction of sp³-hybridized carbons (Fsp3) is 0.875. The Labute approximate surface area is 72.1 Å². The Kier molecular flexibility index (Phi) is 3.05. The van der Waals surface area contributed by atoms with Crippen LogP contribution in [-0.2, 0) is 9.53 Å². The maximum absolute atomic E-state index is 10.7. The molecule has 0 amide bonds. The van der Waals surface area contributed by atoms with Crippen LogP contribution in [0.4, 0.5) is 0 Å². The molecule has 12 heavy (non-hydrogen) atoms. The molecule has 1 N–H and O–H groups in total. The van der Waals surface area contributed by atoms with Gasteiger partial charge in [0.1, 0.15) is 6.04 Å². The Morgan fingerprint density at radius 3 is 2.75 bits per heavy atom. The highest BCUT2D eigenvalue weighted by atomic mass is 16.5. The highest BCUT2D eigenvalue weighted by Crippen LogP contribution is 2.22. The first-order valence-corrected chi connectivity index (χ1v) is 4.10. The van der Waals surface area contributed by atoms with E-state index >= 15 is 0 Å². The van der Waals surface area contributed by atoms with Crippen molar-refractivity contribution in [3.05, 3.63) is 0 Å². The van der Waals surface area contributed by atoms with Crippen LogP contribution in [-0.4, -0.2) is 48.8 Å². The van der Waals surface area contributed by atoms with Crippen LogP contribution in [0.3, 0.4) is 0 Å². The Morgan fingerprint density at radius 1 is 1.67 bits per heavy atom. The van der Waals surface area contributed by atoms with Gasteiger partial charge in [-0.05, 0) is 19.9 Å². The van der Waals surface area contributed by atoms with Gasteiger partial charge in [0, 0.05) is 13.2 Å². The number of hydrogen-bond donors (Lipinski definition) is 1. The molecule has 4 heteroatoms. The number of carboxylic acids is 1. The molecular weight excluding hydrogens is 158 g/mol. The van der Waals surface area contributed by atoms with E-state index in [1.165, 1.54) is 0 Å². The molecule has 0 aromatic rings. The molecule has 1 fully saturated rings. The van der Waals surface area contributed by atoms with Crippen molar-refractivity contribution in [2.75, 3.05) is 20.8 Å². The maximum Gasteiger partial charge on any atom is 0.320 e. The lowest BCUT2D eigenvalue weighted by Crippen LogP contribution is -2.39. The molecule has 2 atom stereocenters. The van der Waals surface area contributed by atoms with Crippen LogP contribution in [0.2, 0.25) is 0 Å². The molecule has 0 radical (unpaired) electrons. The highest BCUT2D eigenvalue weighted by Gasteiger charge is 2.34. The summed E-state index contributed by atoms with van der Waals surface area (Å²) in [6, 6.07) is -0.0405. The minimum Gasteiger partial charge on any atom is -0.480 e. The number of methoxy groups -OCH3 is 1. The van der Waals surface area contributed by atoms with E-state index in [9.17, 15) is 4.79 Å². The van der Waals surface area contributed by atoms with Gasteiger partial charge in [0.15, 0.2) is 0 Å². The average Bonchev–Trinajstić information content (AvgIpc) is 2.34. The first-order chi connectivity index (χ1) is 5.66. The fourth-order valence-electron chi connectivity index (χ4n) is 1.70. The Morgan fingerprint density at radius 2 is 2.33 bits per heavy atom. The van der Waals surface area contributed by atoms with Gasteiger partial charge in [-0.25, -0.2) is 0 Å². The monoisotopic (exact) mass is 173 g/mol. The topological polar surface area (TPSA) is 49.8 Å². The quantitative estimate of drug-likeness (QED) is 0.661. The highest BCUT2D eigenvalue weighted by molar-refractivity contribution is 5.73. The summed E-state index contributed by atoms with van der Waals surface area (Å²) in [6.07, 6.45) is 1.65. The van der Waals surface area contributed by atoms with Gasteiger partial charge in [-0.1, -0.05) is 0 Å². The minimum atomic E-state index is -0.726. The van der Waals surface area contributed by atoms with Crippen molar-refractivity contribution in [2.45, 2.75) is 24.9 Å². The summed E-state index contributed by atoms with van der Waals surface area (Å²) >= 11 is 0. The zero-order valence-electron chi connectivity index (χ0n) is 7.49. The van der Waals surface area contributed by atoms with E-state index in [0.29, 0.717) is 6.61 Å². The molecule has 1 saturated heterocycles. The zero-order chi connectivity index (χ0) is 9.14. The van der Waals surface area contributed by atoms with Gasteiger partial charge in [-0.15, -0.1) is 0 Å². The van der Waals surface area contributed by atoms with Crippen LogP contribution in [0.1, 0.15) is 12.8 Å². The van der Waals surface area contributed by atoms with E-state index < -0.39 is 5.97 Å². The van der Waals surface area contributed by atoms with Crippen LogP contribution in [0.5, 0.6) is 0 Å². The second-order valence-electron chi connectivity index (χ2n) is 3.21. The number of likely N-dealkylation sites (N-methyl/N-ethyl adjacent to an activating group) is 1. The number of carboxylic acid groups (broad SMARTS) is 1. The van der Waals surface area contributed by atoms with Crippen molar-refractivity contribution in [3.8, 4) is 0 Å². The van der Waals surface area contributed by atoms with Crippen molar-refractivity contribution < 1.29 is 14.6 Å². The van der Waals surface area contributed by atoms with Crippen molar-refractivity contribution in [3.63, 3.8) is 0 Å². The molecule has 0 spiro atoms. The largest absolute Gasteiger partial charge is 0.480 e. The first-order valence-electron chi connectivity index (χ1n) is 4.10. The van der Waals surface area contributed by atoms with Gasteiger partial charge < -0.3 is 9.84 Å². The van der Waals surface area contributed by atoms with E-state index in [-0.39, 0.29) is 12.1 Å². The number of nitrogens with zero attached hydrogens (tertiary/aromatic N) is 1. The lowest BCUT2D eigenvalue weighted by molar-refractivity contribution is -0.142. The van der Waals surface area contributed by atoms with Crippen LogP contribution < -0.4 is 0 Å². The van der Waals surface area contributed by atoms with E-state index in [1.54, 1.807) is 7.11 Å². The fourth-order valence-corrected chi connectivity index (χ4v) is 1.70. The molecule has 1 rings (SSSR count). The molecule has 1 aliphatic heterocycles. The first kappa shape index (κ1) is 9.48. The molecule has 0 bridgehead atoms. The van der Waals surface area contributed by atoms with Crippen molar-refractivity contribution >= 4 is 5.97 Å². The molecule has 0 aromatic carbocycles. The molecule has 0 aromatic heterocycles.